The first-order chi connectivity index (χ1) is 44.5. The Morgan fingerprint density at radius 2 is 0.945 bits per heavy atom. The number of aliphatic hydroxyl groups is 4. The Bertz CT molecular complexity index is 4250. The molecular formula is C65H63N15O11. The molecular weight excluding hydrogens is 1170 g/mol. The van der Waals surface area contributed by atoms with Gasteiger partial charge in [0.25, 0.3) is 11.8 Å². The standard InChI is InChI=1S/C27H25N5O4.C26H23N5O4.C12H15N5O3/c1-34-23-20(13-12-19-14-35-27(36-22(19)23)18-10-6-3-7-11-18)32-16-30-21-24(28-15-29-25(21)32)31-26(33)17-8-4-2-5-9-17;32-21-19(12-11-18-13-34-26(35-22(18)21)17-9-5-2-6-10-17)31-15-29-20-23(27-14-28-24(20)31)30-25(33)16-7-3-1-4-8-16;13-11-8-12(15-4-14-11)17(5-16-8)7-2-1-6(3-18)9(19)10(7)20/h2-13,15-16,19-20,22-23,27H,14H2,1H3,(H,28,29,31,33);1-12,14-15,18-19,21-22,26,32H,13H2,(H,27,28,30,33);1-2,4-7,9-10,18-20H,3H2,(H2,13,14,15)/t19-,20-,22-,23+,27?;18-,19-,21+,22-,26?;6-,7-,9-,10+/m111/s1. The van der Waals surface area contributed by atoms with Crippen LogP contribution in [-0.4, -0.2) is 154 Å². The first-order valence-corrected chi connectivity index (χ1v) is 29.4. The zero-order valence-electron chi connectivity index (χ0n) is 48.8. The molecule has 8 heterocycles. The summed E-state index contributed by atoms with van der Waals surface area (Å²) in [5.74, 6) is -0.104. The second-order valence-electron chi connectivity index (χ2n) is 22.1. The van der Waals surface area contributed by atoms with Crippen LogP contribution in [0, 0.1) is 17.8 Å². The highest BCUT2D eigenvalue weighted by Crippen LogP contribution is 2.41. The number of hydrogen-bond donors (Lipinski definition) is 7. The molecule has 4 aromatic carbocycles. The minimum absolute atomic E-state index is 0.0636. The lowest BCUT2D eigenvalue weighted by Crippen LogP contribution is -2.49. The van der Waals surface area contributed by atoms with E-state index in [4.69, 9.17) is 34.5 Å². The number of amides is 2. The van der Waals surface area contributed by atoms with Gasteiger partial charge in [-0.1, -0.05) is 134 Å². The molecule has 0 bridgehead atoms. The number of nitrogens with zero attached hydrogens (tertiary/aromatic N) is 12. The lowest BCUT2D eigenvalue weighted by atomic mass is 9.86. The van der Waals surface area contributed by atoms with Gasteiger partial charge in [0, 0.05) is 47.1 Å². The normalized spacial score (nSPS) is 26.6. The van der Waals surface area contributed by atoms with Gasteiger partial charge in [-0.25, -0.2) is 44.9 Å². The molecule has 5 aliphatic rings. The summed E-state index contributed by atoms with van der Waals surface area (Å²) in [4.78, 5) is 63.8. The van der Waals surface area contributed by atoms with Gasteiger partial charge in [0.05, 0.1) is 75.2 Å². The SMILES string of the molecule is CO[C@@H]1[C@@H]2OC(c3ccccc3)OC[C@H]2C=C[C@H]1n1cnc2c(NC(=O)c3ccccc3)ncnc21.Nc1ncnc2c1ncn2[C@@H]1C=C[C@H](CO)[C@@H](O)[C@H]1O.O=C(Nc1ncnc2c1ncn2[C@@H]1C=C[C@@H]2COC(c3ccccc3)O[C@H]2[C@H]1O)c1ccccc1. The lowest BCUT2D eigenvalue weighted by Gasteiger charge is -2.43. The van der Waals surface area contributed by atoms with Crippen molar-refractivity contribution < 1.29 is 53.7 Å². The Morgan fingerprint density at radius 3 is 1.46 bits per heavy atom. The lowest BCUT2D eigenvalue weighted by molar-refractivity contribution is -0.261. The second-order valence-corrected chi connectivity index (χ2v) is 22.1. The van der Waals surface area contributed by atoms with Crippen LogP contribution in [0.5, 0.6) is 0 Å². The summed E-state index contributed by atoms with van der Waals surface area (Å²) < 4.78 is 35.9. The van der Waals surface area contributed by atoms with E-state index in [9.17, 15) is 24.9 Å². The highest BCUT2D eigenvalue weighted by Gasteiger charge is 2.45. The number of carbonyl (C=O) groups excluding carboxylic acids is 2. The number of carbonyl (C=O) groups is 2. The van der Waals surface area contributed by atoms with E-state index in [1.807, 2.05) is 102 Å². The molecule has 2 saturated heterocycles. The van der Waals surface area contributed by atoms with Crippen molar-refractivity contribution in [2.24, 2.45) is 17.8 Å². The molecule has 464 valence electrons. The van der Waals surface area contributed by atoms with E-state index in [1.165, 1.54) is 25.3 Å². The van der Waals surface area contributed by atoms with Crippen molar-refractivity contribution in [3.8, 4) is 0 Å². The topological polar surface area (TPSA) is 342 Å². The molecule has 26 nitrogen and oxygen atoms in total. The van der Waals surface area contributed by atoms with Crippen molar-refractivity contribution >= 4 is 62.8 Å². The van der Waals surface area contributed by atoms with E-state index < -0.39 is 55.0 Å². The Balaban J connectivity index is 0.000000130. The van der Waals surface area contributed by atoms with Crippen LogP contribution in [0.1, 0.15) is 62.5 Å². The third-order valence-electron chi connectivity index (χ3n) is 16.7. The van der Waals surface area contributed by atoms with E-state index in [1.54, 1.807) is 77.4 Å². The number of aliphatic hydroxyl groups excluding tert-OH is 4. The molecule has 6 aromatic heterocycles. The van der Waals surface area contributed by atoms with Gasteiger partial charge in [-0.05, 0) is 24.3 Å². The molecule has 91 heavy (non-hydrogen) atoms. The highest BCUT2D eigenvalue weighted by atomic mass is 16.7. The molecule has 14 atom stereocenters. The molecule has 2 unspecified atom stereocenters. The van der Waals surface area contributed by atoms with Gasteiger partial charge >= 0.3 is 0 Å². The molecule has 0 radical (unpaired) electrons. The number of fused-ring (bicyclic) bond motifs is 5. The zero-order chi connectivity index (χ0) is 62.5. The van der Waals surface area contributed by atoms with Gasteiger partial charge in [0.1, 0.15) is 42.8 Å². The van der Waals surface area contributed by atoms with Crippen molar-refractivity contribution in [3.63, 3.8) is 0 Å². The largest absolute Gasteiger partial charge is 0.396 e. The first kappa shape index (κ1) is 60.1. The molecule has 26 heteroatoms. The van der Waals surface area contributed by atoms with Gasteiger partial charge in [-0.3, -0.25) is 9.59 Å². The molecule has 2 aliphatic heterocycles. The number of ether oxygens (including phenoxy) is 5. The van der Waals surface area contributed by atoms with Crippen LogP contribution in [0.25, 0.3) is 33.5 Å². The maximum atomic E-state index is 12.7. The van der Waals surface area contributed by atoms with Crippen molar-refractivity contribution in [2.45, 2.75) is 67.3 Å². The molecule has 2 amide bonds. The van der Waals surface area contributed by atoms with Crippen LogP contribution in [0.15, 0.2) is 196 Å². The maximum Gasteiger partial charge on any atom is 0.256 e. The zero-order valence-corrected chi connectivity index (χ0v) is 48.8. The highest BCUT2D eigenvalue weighted by molar-refractivity contribution is 6.07. The van der Waals surface area contributed by atoms with Gasteiger partial charge in [0.2, 0.25) is 0 Å². The first-order valence-electron chi connectivity index (χ1n) is 29.4. The average molecular weight is 1230 g/mol. The molecule has 2 fully saturated rings. The molecule has 0 spiro atoms. The minimum atomic E-state index is -1.06. The average Bonchev–Trinajstić information content (AvgIpc) is 2.01. The number of nitrogens with two attached hydrogens (primary N) is 1. The van der Waals surface area contributed by atoms with Crippen LogP contribution >= 0.6 is 0 Å². The van der Waals surface area contributed by atoms with Crippen molar-refractivity contribution in [3.05, 3.63) is 218 Å². The molecule has 10 aromatic rings. The van der Waals surface area contributed by atoms with Crippen LogP contribution in [0.3, 0.4) is 0 Å². The second kappa shape index (κ2) is 26.7. The minimum Gasteiger partial charge on any atom is -0.396 e. The molecule has 0 saturated carbocycles. The van der Waals surface area contributed by atoms with E-state index in [0.29, 0.717) is 69.5 Å². The predicted octanol–water partition coefficient (Wildman–Crippen LogP) is 6.07. The van der Waals surface area contributed by atoms with Gasteiger partial charge < -0.3 is 74.2 Å². The van der Waals surface area contributed by atoms with Gasteiger partial charge in [-0.15, -0.1) is 0 Å². The Kier molecular flexibility index (Phi) is 17.6. The van der Waals surface area contributed by atoms with Crippen molar-refractivity contribution in [2.75, 3.05) is 43.3 Å². The van der Waals surface area contributed by atoms with E-state index >= 15 is 0 Å². The fourth-order valence-corrected chi connectivity index (χ4v) is 11.9. The number of anilines is 3. The summed E-state index contributed by atoms with van der Waals surface area (Å²) in [6, 6.07) is 36.2. The van der Waals surface area contributed by atoms with Crippen molar-refractivity contribution in [1.29, 1.82) is 0 Å². The van der Waals surface area contributed by atoms with Crippen LogP contribution in [0.2, 0.25) is 0 Å². The smallest absolute Gasteiger partial charge is 0.256 e. The van der Waals surface area contributed by atoms with Crippen LogP contribution < -0.4 is 16.4 Å². The molecule has 3 aliphatic carbocycles. The quantitative estimate of drug-likeness (QED) is 0.0723. The maximum absolute atomic E-state index is 12.7. The van der Waals surface area contributed by atoms with Crippen molar-refractivity contribution in [1.82, 2.24) is 58.6 Å². The van der Waals surface area contributed by atoms with E-state index in [2.05, 4.69) is 67.6 Å². The predicted molar refractivity (Wildman–Crippen MR) is 330 cm³/mol. The number of benzene rings is 4. The van der Waals surface area contributed by atoms with Crippen LogP contribution in [-0.2, 0) is 23.7 Å². The number of hydrogen-bond acceptors (Lipinski definition) is 21. The third kappa shape index (κ3) is 12.2. The number of aromatic nitrogens is 12. The third-order valence-corrected chi connectivity index (χ3v) is 16.7. The number of rotatable bonds is 11. The van der Waals surface area contributed by atoms with Crippen LogP contribution in [0.4, 0.5) is 17.5 Å². The number of nitrogens with one attached hydrogen (secondary N) is 2. The fraction of sp³-hybridized carbons (Fsp3) is 0.277. The fourth-order valence-electron chi connectivity index (χ4n) is 11.9. The Hall–Kier alpha value is -9.87. The summed E-state index contributed by atoms with van der Waals surface area (Å²) in [5, 5.41) is 46.3. The monoisotopic (exact) mass is 1230 g/mol. The van der Waals surface area contributed by atoms with E-state index in [0.717, 1.165) is 11.1 Å². The summed E-state index contributed by atoms with van der Waals surface area (Å²) in [5.41, 5.74) is 11.6. The summed E-state index contributed by atoms with van der Waals surface area (Å²) >= 11 is 0. The summed E-state index contributed by atoms with van der Waals surface area (Å²) in [6.07, 6.45) is 15.5. The van der Waals surface area contributed by atoms with E-state index in [-0.39, 0.29) is 54.3 Å². The van der Waals surface area contributed by atoms with Gasteiger partial charge in [-0.2, -0.15) is 0 Å². The van der Waals surface area contributed by atoms with Gasteiger partial charge in [0.15, 0.2) is 58.0 Å². The number of nitrogen functional groups attached to an aromatic ring is 1. The Labute approximate surface area is 519 Å². The Morgan fingerprint density at radius 1 is 0.516 bits per heavy atom. The summed E-state index contributed by atoms with van der Waals surface area (Å²) in [6.45, 7) is 0.768. The molecule has 8 N–H and O–H groups in total. The summed E-state index contributed by atoms with van der Waals surface area (Å²) in [7, 11) is 1.68. The number of imidazole rings is 3. The molecule has 15 rings (SSSR count). The number of methoxy groups -OCH3 is 1.